The third kappa shape index (κ3) is 3.45. The van der Waals surface area contributed by atoms with Crippen LogP contribution in [0.15, 0.2) is 53.3 Å². The molecule has 0 saturated heterocycles. The van der Waals surface area contributed by atoms with Gasteiger partial charge < -0.3 is 0 Å². The summed E-state index contributed by atoms with van der Waals surface area (Å²) in [7, 11) is -3.72. The van der Waals surface area contributed by atoms with E-state index in [1.165, 1.54) is 0 Å². The Morgan fingerprint density at radius 1 is 1.13 bits per heavy atom. The molecular weight excluding hydrogens is 316 g/mol. The molecule has 0 aliphatic rings. The molecule has 4 N–H and O–H groups in total. The number of hydrogen-bond acceptors (Lipinski definition) is 4. The number of aromatic nitrogens is 2. The monoisotopic (exact) mass is 330 g/mol. The Kier molecular flexibility index (Phi) is 3.95. The Morgan fingerprint density at radius 3 is 2.43 bits per heavy atom. The molecule has 0 saturated carbocycles. The van der Waals surface area contributed by atoms with Crippen LogP contribution in [0.5, 0.6) is 0 Å². The number of nitrogens with one attached hydrogen (secondary N) is 3. The third-order valence-corrected chi connectivity index (χ3v) is 3.93. The highest BCUT2D eigenvalue weighted by atomic mass is 32.2. The van der Waals surface area contributed by atoms with Gasteiger partial charge in [0.05, 0.1) is 11.1 Å². The van der Waals surface area contributed by atoms with Crippen molar-refractivity contribution in [3.63, 3.8) is 0 Å². The van der Waals surface area contributed by atoms with Gasteiger partial charge in [0.1, 0.15) is 0 Å². The first-order valence-electron chi connectivity index (χ1n) is 6.76. The summed E-state index contributed by atoms with van der Waals surface area (Å²) in [6.45, 7) is 0.110. The number of aromatic amines is 1. The summed E-state index contributed by atoms with van der Waals surface area (Å²) < 4.78 is 28.9. The van der Waals surface area contributed by atoms with Gasteiger partial charge in [-0.2, -0.15) is 5.10 Å². The van der Waals surface area contributed by atoms with Crippen LogP contribution < -0.4 is 10.3 Å². The molecular formula is C15H14N4O3S. The maximum Gasteiger partial charge on any atom is 0.272 e. The molecule has 1 unspecified atom stereocenters. The van der Waals surface area contributed by atoms with Crippen LogP contribution in [0.25, 0.3) is 22.0 Å². The van der Waals surface area contributed by atoms with Crippen molar-refractivity contribution in [2.75, 3.05) is 0 Å². The van der Waals surface area contributed by atoms with E-state index in [9.17, 15) is 9.00 Å². The van der Waals surface area contributed by atoms with Crippen molar-refractivity contribution in [1.82, 2.24) is 14.9 Å². The molecule has 1 heterocycles. The largest absolute Gasteiger partial charge is 0.289 e. The zero-order valence-corrected chi connectivity index (χ0v) is 12.8. The van der Waals surface area contributed by atoms with Crippen molar-refractivity contribution in [2.45, 2.75) is 6.54 Å². The highest BCUT2D eigenvalue weighted by molar-refractivity contribution is 7.84. The smallest absolute Gasteiger partial charge is 0.272 e. The quantitative estimate of drug-likeness (QED) is 0.585. The van der Waals surface area contributed by atoms with Crippen LogP contribution in [0.2, 0.25) is 0 Å². The molecule has 0 aliphatic carbocycles. The molecule has 0 fully saturated rings. The molecule has 2 aromatic carbocycles. The van der Waals surface area contributed by atoms with Crippen LogP contribution in [0.4, 0.5) is 0 Å². The molecule has 3 rings (SSSR count). The van der Waals surface area contributed by atoms with Gasteiger partial charge in [0, 0.05) is 17.5 Å². The fourth-order valence-electron chi connectivity index (χ4n) is 2.30. The Bertz CT molecular complexity index is 1010. The number of hydrogen-bond donors (Lipinski definition) is 4. The summed E-state index contributed by atoms with van der Waals surface area (Å²) in [6, 6.07) is 14.4. The minimum absolute atomic E-state index is 0.110. The van der Waals surface area contributed by atoms with Crippen LogP contribution >= 0.6 is 0 Å². The summed E-state index contributed by atoms with van der Waals surface area (Å²) in [5.41, 5.74) is 2.00. The summed E-state index contributed by atoms with van der Waals surface area (Å²) >= 11 is 0. The molecule has 3 aromatic rings. The number of fused-ring (bicyclic) bond motifs is 1. The van der Waals surface area contributed by atoms with E-state index in [1.807, 2.05) is 24.3 Å². The third-order valence-electron chi connectivity index (χ3n) is 3.40. The second-order valence-corrected chi connectivity index (χ2v) is 6.33. The Hall–Kier alpha value is -2.55. The van der Waals surface area contributed by atoms with Crippen molar-refractivity contribution in [2.24, 2.45) is 0 Å². The van der Waals surface area contributed by atoms with Gasteiger partial charge in [0.15, 0.2) is 0 Å². The van der Waals surface area contributed by atoms with E-state index < -0.39 is 10.2 Å². The predicted octanol–water partition coefficient (Wildman–Crippen LogP) is 2.11. The van der Waals surface area contributed by atoms with Gasteiger partial charge >= 0.3 is 0 Å². The average molecular weight is 330 g/mol. The first-order valence-corrected chi connectivity index (χ1v) is 8.28. The molecule has 23 heavy (non-hydrogen) atoms. The first kappa shape index (κ1) is 15.3. The standard InChI is InChI=1S/C15H14N4O3S/c16-23(21,22)17-9-10-5-7-11(8-6-10)14-12-3-1-2-4-13(12)15(20)19-18-14/h1-8H,9H2,(H,19,20)(H3,16,17,21,22). The van der Waals surface area contributed by atoms with E-state index in [0.717, 1.165) is 16.5 Å². The van der Waals surface area contributed by atoms with Crippen LogP contribution in [-0.4, -0.2) is 19.0 Å². The molecule has 118 valence electrons. The minimum Gasteiger partial charge on any atom is -0.289 e. The summed E-state index contributed by atoms with van der Waals surface area (Å²) in [5, 5.41) is 7.93. The zero-order chi connectivity index (χ0) is 16.4. The lowest BCUT2D eigenvalue weighted by Gasteiger charge is -2.07. The van der Waals surface area contributed by atoms with Crippen LogP contribution in [0.3, 0.4) is 0 Å². The fraction of sp³-hybridized carbons (Fsp3) is 0.0667. The van der Waals surface area contributed by atoms with Crippen LogP contribution in [0.1, 0.15) is 5.56 Å². The highest BCUT2D eigenvalue weighted by Crippen LogP contribution is 2.24. The number of nitrogens with zero attached hydrogens (tertiary/aromatic N) is 1. The van der Waals surface area contributed by atoms with E-state index >= 15 is 0 Å². The van der Waals surface area contributed by atoms with E-state index in [0.29, 0.717) is 11.1 Å². The molecule has 0 radical (unpaired) electrons. The summed E-state index contributed by atoms with van der Waals surface area (Å²) in [4.78, 5) is 11.8. The molecule has 0 bridgehead atoms. The molecule has 7 nitrogen and oxygen atoms in total. The molecule has 1 aromatic heterocycles. The lowest BCUT2D eigenvalue weighted by molar-refractivity contribution is 0.532. The molecule has 0 aliphatic heterocycles. The summed E-state index contributed by atoms with van der Waals surface area (Å²) in [6.07, 6.45) is 0. The zero-order valence-electron chi connectivity index (χ0n) is 11.9. The SMILES string of the molecule is N=S(=O)(O)NCc1ccc(-c2n[nH]c(=O)c3ccccc23)cc1. The van der Waals surface area contributed by atoms with E-state index in [1.54, 1.807) is 24.3 Å². The van der Waals surface area contributed by atoms with Crippen molar-refractivity contribution >= 4 is 21.0 Å². The lowest BCUT2D eigenvalue weighted by atomic mass is 10.0. The van der Waals surface area contributed by atoms with Crippen molar-refractivity contribution in [1.29, 1.82) is 4.78 Å². The van der Waals surface area contributed by atoms with Gasteiger partial charge in [-0.1, -0.05) is 42.5 Å². The van der Waals surface area contributed by atoms with E-state index in [4.69, 9.17) is 9.33 Å². The maximum absolute atomic E-state index is 11.8. The van der Waals surface area contributed by atoms with Gasteiger partial charge in [-0.05, 0) is 11.6 Å². The predicted molar refractivity (Wildman–Crippen MR) is 88.1 cm³/mol. The van der Waals surface area contributed by atoms with Crippen molar-refractivity contribution in [3.8, 4) is 11.3 Å². The molecule has 0 spiro atoms. The normalized spacial score (nSPS) is 13.8. The summed E-state index contributed by atoms with van der Waals surface area (Å²) in [5.74, 6) is 0. The van der Waals surface area contributed by atoms with Crippen molar-refractivity contribution < 1.29 is 8.76 Å². The van der Waals surface area contributed by atoms with Gasteiger partial charge in [-0.25, -0.2) is 18.8 Å². The molecule has 1 atom stereocenters. The average Bonchev–Trinajstić information content (AvgIpc) is 2.54. The van der Waals surface area contributed by atoms with Crippen LogP contribution in [-0.2, 0) is 16.7 Å². The number of benzene rings is 2. The minimum atomic E-state index is -3.72. The topological polar surface area (TPSA) is 119 Å². The van der Waals surface area contributed by atoms with Gasteiger partial charge in [-0.15, -0.1) is 0 Å². The van der Waals surface area contributed by atoms with Gasteiger partial charge in [-0.3, -0.25) is 9.35 Å². The Morgan fingerprint density at radius 2 is 1.78 bits per heavy atom. The van der Waals surface area contributed by atoms with E-state index in [2.05, 4.69) is 14.9 Å². The van der Waals surface area contributed by atoms with Gasteiger partial charge in [0.2, 0.25) is 10.2 Å². The molecule has 8 heteroatoms. The second kappa shape index (κ2) is 5.92. The van der Waals surface area contributed by atoms with Gasteiger partial charge in [0.25, 0.3) is 5.56 Å². The first-order chi connectivity index (χ1) is 10.9. The number of rotatable bonds is 4. The Labute approximate surface area is 132 Å². The maximum atomic E-state index is 11.8. The lowest BCUT2D eigenvalue weighted by Crippen LogP contribution is -2.20. The molecule has 0 amide bonds. The van der Waals surface area contributed by atoms with Crippen LogP contribution in [0, 0.1) is 4.78 Å². The van der Waals surface area contributed by atoms with E-state index in [-0.39, 0.29) is 12.1 Å². The number of H-pyrrole nitrogens is 1. The second-order valence-electron chi connectivity index (χ2n) is 4.99. The highest BCUT2D eigenvalue weighted by Gasteiger charge is 2.08. The Balaban J connectivity index is 1.97. The van der Waals surface area contributed by atoms with Crippen molar-refractivity contribution in [3.05, 3.63) is 64.4 Å². The fourth-order valence-corrected chi connectivity index (χ4v) is 2.66.